The molecule has 4 rings (SSSR count). The van der Waals surface area contributed by atoms with E-state index in [1.807, 2.05) is 4.90 Å². The van der Waals surface area contributed by atoms with Crippen LogP contribution in [0.3, 0.4) is 0 Å². The number of aryl methyl sites for hydroxylation is 1. The number of carbonyl (C=O) groups is 2. The standard InChI is InChI=1S/C21H29N5O2/c1-2-14-5-8-19-15(10-14)11-16(24-19)12-23-21(28)26(17-6-7-17)18-4-3-9-25(13-18)20(22)27/h5,8,10-11,17-18,24H,2-4,6-7,9,12-13H2,1H3,(H2,22,27)(H,23,28). The van der Waals surface area contributed by atoms with E-state index in [4.69, 9.17) is 5.73 Å². The molecule has 0 spiro atoms. The molecule has 2 aliphatic rings. The number of hydrogen-bond donors (Lipinski definition) is 3. The number of amides is 4. The molecule has 1 unspecified atom stereocenters. The van der Waals surface area contributed by atoms with Gasteiger partial charge in [0.05, 0.1) is 12.6 Å². The lowest BCUT2D eigenvalue weighted by Crippen LogP contribution is -2.55. The Kier molecular flexibility index (Phi) is 5.15. The number of hydrogen-bond acceptors (Lipinski definition) is 2. The van der Waals surface area contributed by atoms with E-state index in [2.05, 4.69) is 41.5 Å². The van der Waals surface area contributed by atoms with Crippen LogP contribution in [0.2, 0.25) is 0 Å². The number of piperidine rings is 1. The van der Waals surface area contributed by atoms with Crippen LogP contribution in [0.1, 0.15) is 43.9 Å². The predicted molar refractivity (Wildman–Crippen MR) is 109 cm³/mol. The monoisotopic (exact) mass is 383 g/mol. The van der Waals surface area contributed by atoms with Gasteiger partial charge in [0.2, 0.25) is 0 Å². The van der Waals surface area contributed by atoms with Crippen molar-refractivity contribution in [2.45, 2.75) is 57.7 Å². The third kappa shape index (κ3) is 3.93. The molecule has 150 valence electrons. The highest BCUT2D eigenvalue weighted by Crippen LogP contribution is 2.31. The van der Waals surface area contributed by atoms with Gasteiger partial charge in [-0.1, -0.05) is 13.0 Å². The average Bonchev–Trinajstić information content (AvgIpc) is 3.44. The molecule has 1 aromatic carbocycles. The molecule has 1 atom stereocenters. The average molecular weight is 383 g/mol. The van der Waals surface area contributed by atoms with E-state index in [1.54, 1.807) is 4.90 Å². The molecule has 4 amide bonds. The van der Waals surface area contributed by atoms with E-state index in [0.29, 0.717) is 19.6 Å². The second kappa shape index (κ2) is 7.73. The highest BCUT2D eigenvalue weighted by molar-refractivity contribution is 5.81. The molecule has 1 saturated carbocycles. The minimum absolute atomic E-state index is 0.0450. The van der Waals surface area contributed by atoms with Gasteiger partial charge in [-0.25, -0.2) is 9.59 Å². The fourth-order valence-electron chi connectivity index (χ4n) is 4.18. The van der Waals surface area contributed by atoms with Gasteiger partial charge in [-0.05, 0) is 61.3 Å². The number of nitrogens with zero attached hydrogens (tertiary/aromatic N) is 2. The summed E-state index contributed by atoms with van der Waals surface area (Å²) in [5.41, 5.74) is 8.84. The number of likely N-dealkylation sites (tertiary alicyclic amines) is 1. The Balaban J connectivity index is 1.42. The molecule has 2 heterocycles. The number of fused-ring (bicyclic) bond motifs is 1. The van der Waals surface area contributed by atoms with Gasteiger partial charge in [0, 0.05) is 30.3 Å². The molecule has 0 bridgehead atoms. The summed E-state index contributed by atoms with van der Waals surface area (Å²) in [5, 5.41) is 4.25. The summed E-state index contributed by atoms with van der Waals surface area (Å²) in [4.78, 5) is 31.5. The first-order valence-electron chi connectivity index (χ1n) is 10.3. The van der Waals surface area contributed by atoms with Crippen molar-refractivity contribution < 1.29 is 9.59 Å². The van der Waals surface area contributed by atoms with Crippen LogP contribution in [0.5, 0.6) is 0 Å². The Morgan fingerprint density at radius 2 is 2.07 bits per heavy atom. The Morgan fingerprint density at radius 3 is 2.79 bits per heavy atom. The number of aromatic nitrogens is 1. The highest BCUT2D eigenvalue weighted by atomic mass is 16.2. The van der Waals surface area contributed by atoms with E-state index in [9.17, 15) is 9.59 Å². The summed E-state index contributed by atoms with van der Waals surface area (Å²) in [6.07, 6.45) is 4.87. The second-order valence-electron chi connectivity index (χ2n) is 7.95. The number of carbonyl (C=O) groups excluding carboxylic acids is 2. The molecular formula is C21H29N5O2. The Labute approximate surface area is 165 Å². The van der Waals surface area contributed by atoms with E-state index < -0.39 is 6.03 Å². The molecule has 1 aromatic heterocycles. The number of aromatic amines is 1. The number of rotatable bonds is 5. The highest BCUT2D eigenvalue weighted by Gasteiger charge is 2.39. The van der Waals surface area contributed by atoms with Crippen LogP contribution < -0.4 is 11.1 Å². The fraction of sp³-hybridized carbons (Fsp3) is 0.524. The van der Waals surface area contributed by atoms with Crippen molar-refractivity contribution in [3.63, 3.8) is 0 Å². The molecule has 2 aromatic rings. The quantitative estimate of drug-likeness (QED) is 0.740. The van der Waals surface area contributed by atoms with Crippen molar-refractivity contribution in [3.05, 3.63) is 35.5 Å². The van der Waals surface area contributed by atoms with Gasteiger partial charge in [0.1, 0.15) is 0 Å². The van der Waals surface area contributed by atoms with Gasteiger partial charge >= 0.3 is 12.1 Å². The lowest BCUT2D eigenvalue weighted by atomic mass is 10.0. The van der Waals surface area contributed by atoms with E-state index in [1.165, 1.54) is 10.9 Å². The molecule has 2 fully saturated rings. The normalized spacial score (nSPS) is 19.6. The molecule has 4 N–H and O–H groups in total. The maximum Gasteiger partial charge on any atom is 0.318 e. The van der Waals surface area contributed by atoms with E-state index >= 15 is 0 Å². The molecule has 1 aliphatic heterocycles. The van der Waals surface area contributed by atoms with Crippen LogP contribution >= 0.6 is 0 Å². The first kappa shape index (κ1) is 18.7. The minimum Gasteiger partial charge on any atom is -0.357 e. The first-order valence-corrected chi connectivity index (χ1v) is 10.3. The summed E-state index contributed by atoms with van der Waals surface area (Å²) in [6, 6.07) is 8.40. The van der Waals surface area contributed by atoms with Crippen molar-refractivity contribution >= 4 is 23.0 Å². The van der Waals surface area contributed by atoms with Crippen LogP contribution in [0.4, 0.5) is 9.59 Å². The number of nitrogens with one attached hydrogen (secondary N) is 2. The molecule has 1 aliphatic carbocycles. The zero-order valence-electron chi connectivity index (χ0n) is 16.4. The smallest absolute Gasteiger partial charge is 0.318 e. The van der Waals surface area contributed by atoms with Crippen molar-refractivity contribution in [2.75, 3.05) is 13.1 Å². The molecule has 0 radical (unpaired) electrons. The zero-order chi connectivity index (χ0) is 19.7. The third-order valence-electron chi connectivity index (χ3n) is 5.86. The van der Waals surface area contributed by atoms with Crippen molar-refractivity contribution in [2.24, 2.45) is 5.73 Å². The largest absolute Gasteiger partial charge is 0.357 e. The molecule has 7 heteroatoms. The van der Waals surface area contributed by atoms with Gasteiger partial charge in [-0.2, -0.15) is 0 Å². The SMILES string of the molecule is CCc1ccc2[nH]c(CNC(=O)N(C3CC3)C3CCCN(C(N)=O)C3)cc2c1. The zero-order valence-corrected chi connectivity index (χ0v) is 16.4. The second-order valence-corrected chi connectivity index (χ2v) is 7.95. The van der Waals surface area contributed by atoms with Gasteiger partial charge < -0.3 is 25.8 Å². The number of nitrogens with two attached hydrogens (primary N) is 1. The van der Waals surface area contributed by atoms with Crippen LogP contribution in [-0.2, 0) is 13.0 Å². The Morgan fingerprint density at radius 1 is 1.25 bits per heavy atom. The molecule has 7 nitrogen and oxygen atoms in total. The van der Waals surface area contributed by atoms with Crippen molar-refractivity contribution in [3.8, 4) is 0 Å². The molecular weight excluding hydrogens is 354 g/mol. The minimum atomic E-state index is -0.398. The van der Waals surface area contributed by atoms with E-state index in [-0.39, 0.29) is 18.1 Å². The maximum atomic E-state index is 13.0. The predicted octanol–water partition coefficient (Wildman–Crippen LogP) is 2.95. The first-order chi connectivity index (χ1) is 13.5. The van der Waals surface area contributed by atoms with Crippen molar-refractivity contribution in [1.82, 2.24) is 20.1 Å². The maximum absolute atomic E-state index is 13.0. The number of urea groups is 2. The van der Waals surface area contributed by atoms with Gasteiger partial charge in [0.25, 0.3) is 0 Å². The molecule has 1 saturated heterocycles. The van der Waals surface area contributed by atoms with Crippen LogP contribution in [0, 0.1) is 0 Å². The summed E-state index contributed by atoms with van der Waals surface area (Å²) in [6.45, 7) is 3.82. The third-order valence-corrected chi connectivity index (χ3v) is 5.86. The van der Waals surface area contributed by atoms with Gasteiger partial charge in [-0.3, -0.25) is 0 Å². The van der Waals surface area contributed by atoms with Crippen LogP contribution in [0.15, 0.2) is 24.3 Å². The Bertz CT molecular complexity index is 873. The fourth-order valence-corrected chi connectivity index (χ4v) is 4.18. The summed E-state index contributed by atoms with van der Waals surface area (Å²) >= 11 is 0. The number of H-pyrrole nitrogens is 1. The number of primary amides is 1. The van der Waals surface area contributed by atoms with E-state index in [0.717, 1.165) is 43.3 Å². The summed E-state index contributed by atoms with van der Waals surface area (Å²) in [5.74, 6) is 0. The van der Waals surface area contributed by atoms with Gasteiger partial charge in [-0.15, -0.1) is 0 Å². The molecule has 28 heavy (non-hydrogen) atoms. The topological polar surface area (TPSA) is 94.5 Å². The Hall–Kier alpha value is -2.70. The lowest BCUT2D eigenvalue weighted by Gasteiger charge is -2.39. The van der Waals surface area contributed by atoms with Crippen molar-refractivity contribution in [1.29, 1.82) is 0 Å². The lowest BCUT2D eigenvalue weighted by molar-refractivity contribution is 0.118. The van der Waals surface area contributed by atoms with Crippen LogP contribution in [0.25, 0.3) is 10.9 Å². The number of benzene rings is 1. The van der Waals surface area contributed by atoms with Gasteiger partial charge in [0.15, 0.2) is 0 Å². The summed E-state index contributed by atoms with van der Waals surface area (Å²) in [7, 11) is 0. The van der Waals surface area contributed by atoms with Crippen LogP contribution in [-0.4, -0.2) is 52.0 Å². The summed E-state index contributed by atoms with van der Waals surface area (Å²) < 4.78 is 0.